The van der Waals surface area contributed by atoms with Gasteiger partial charge in [0.1, 0.15) is 5.15 Å². The van der Waals surface area contributed by atoms with E-state index in [2.05, 4.69) is 5.10 Å². The largest absolute Gasteiger partial charge is 0.392 e. The first-order chi connectivity index (χ1) is 9.00. The maximum atomic E-state index is 10.4. The Bertz CT molecular complexity index is 551. The molecule has 0 spiro atoms. The van der Waals surface area contributed by atoms with Gasteiger partial charge in [0.2, 0.25) is 0 Å². The molecule has 1 N–H and O–H groups in total. The smallest absolute Gasteiger partial charge is 0.130 e. The molecule has 1 heterocycles. The minimum Gasteiger partial charge on any atom is -0.392 e. The molecular weight excluding hydrogens is 260 g/mol. The highest BCUT2D eigenvalue weighted by atomic mass is 35.5. The highest BCUT2D eigenvalue weighted by molar-refractivity contribution is 6.30. The van der Waals surface area contributed by atoms with Crippen LogP contribution in [0.2, 0.25) is 5.15 Å². The molecule has 0 saturated carbocycles. The number of halogens is 1. The van der Waals surface area contributed by atoms with Crippen LogP contribution in [0, 0.1) is 6.92 Å². The van der Waals surface area contributed by atoms with Gasteiger partial charge in [-0.3, -0.25) is 4.68 Å². The Morgan fingerprint density at radius 2 is 1.95 bits per heavy atom. The van der Waals surface area contributed by atoms with Crippen LogP contribution in [0.1, 0.15) is 29.7 Å². The van der Waals surface area contributed by atoms with E-state index >= 15 is 0 Å². The van der Waals surface area contributed by atoms with Crippen LogP contribution >= 0.6 is 11.6 Å². The van der Waals surface area contributed by atoms with Gasteiger partial charge in [-0.2, -0.15) is 5.10 Å². The fourth-order valence-corrected chi connectivity index (χ4v) is 2.52. The van der Waals surface area contributed by atoms with Gasteiger partial charge in [-0.1, -0.05) is 48.9 Å². The summed E-state index contributed by atoms with van der Waals surface area (Å²) in [7, 11) is 1.81. The standard InChI is InChI=1S/C15H19ClN2O/c1-10(12-7-5-4-6-8-12)14(19)9-13-11(2)17-18(3)15(13)16/h4-8,10,14,19H,9H2,1-3H3. The molecule has 2 rings (SSSR count). The van der Waals surface area contributed by atoms with Gasteiger partial charge in [0, 0.05) is 24.9 Å². The van der Waals surface area contributed by atoms with Crippen molar-refractivity contribution in [1.82, 2.24) is 9.78 Å². The second-order valence-corrected chi connectivity index (χ2v) is 5.31. The third-order valence-corrected chi connectivity index (χ3v) is 4.06. The van der Waals surface area contributed by atoms with Crippen molar-refractivity contribution in [2.45, 2.75) is 32.3 Å². The summed E-state index contributed by atoms with van der Waals surface area (Å²) >= 11 is 6.20. The normalized spacial score (nSPS) is 14.4. The van der Waals surface area contributed by atoms with E-state index in [1.165, 1.54) is 0 Å². The molecule has 1 aromatic carbocycles. The Balaban J connectivity index is 2.15. The lowest BCUT2D eigenvalue weighted by atomic mass is 9.91. The van der Waals surface area contributed by atoms with Crippen LogP contribution in [0.25, 0.3) is 0 Å². The summed E-state index contributed by atoms with van der Waals surface area (Å²) in [4.78, 5) is 0. The first-order valence-electron chi connectivity index (χ1n) is 6.41. The first-order valence-corrected chi connectivity index (χ1v) is 6.79. The summed E-state index contributed by atoms with van der Waals surface area (Å²) in [6.07, 6.45) is 0.0528. The Morgan fingerprint density at radius 3 is 2.47 bits per heavy atom. The minimum atomic E-state index is -0.470. The van der Waals surface area contributed by atoms with Gasteiger partial charge in [-0.15, -0.1) is 0 Å². The van der Waals surface area contributed by atoms with Crippen molar-refractivity contribution in [1.29, 1.82) is 0 Å². The predicted octanol–water partition coefficient (Wildman–Crippen LogP) is 3.09. The molecule has 102 valence electrons. The molecule has 0 aliphatic heterocycles. The average molecular weight is 279 g/mol. The Kier molecular flexibility index (Phi) is 4.27. The van der Waals surface area contributed by atoms with Crippen LogP contribution in [-0.4, -0.2) is 21.0 Å². The molecule has 2 aromatic rings. The van der Waals surface area contributed by atoms with Crippen LogP contribution in [0.4, 0.5) is 0 Å². The lowest BCUT2D eigenvalue weighted by Gasteiger charge is -2.19. The lowest BCUT2D eigenvalue weighted by molar-refractivity contribution is 0.149. The second-order valence-electron chi connectivity index (χ2n) is 4.95. The van der Waals surface area contributed by atoms with E-state index in [1.54, 1.807) is 4.68 Å². The third-order valence-electron chi connectivity index (χ3n) is 3.59. The molecule has 3 nitrogen and oxygen atoms in total. The number of aliphatic hydroxyl groups excluding tert-OH is 1. The van der Waals surface area contributed by atoms with Gasteiger partial charge in [0.15, 0.2) is 0 Å². The molecule has 1 aromatic heterocycles. The zero-order valence-electron chi connectivity index (χ0n) is 11.5. The van der Waals surface area contributed by atoms with Crippen molar-refractivity contribution in [3.63, 3.8) is 0 Å². The molecule has 0 aliphatic rings. The van der Waals surface area contributed by atoms with Crippen LogP contribution in [-0.2, 0) is 13.5 Å². The van der Waals surface area contributed by atoms with Gasteiger partial charge >= 0.3 is 0 Å². The quantitative estimate of drug-likeness (QED) is 0.933. The molecule has 0 saturated heterocycles. The van der Waals surface area contributed by atoms with E-state index in [0.29, 0.717) is 11.6 Å². The predicted molar refractivity (Wildman–Crippen MR) is 77.5 cm³/mol. The Labute approximate surface area is 118 Å². The van der Waals surface area contributed by atoms with E-state index in [4.69, 9.17) is 11.6 Å². The highest BCUT2D eigenvalue weighted by Crippen LogP contribution is 2.26. The van der Waals surface area contributed by atoms with Gasteiger partial charge in [0.25, 0.3) is 0 Å². The fourth-order valence-electron chi connectivity index (χ4n) is 2.27. The topological polar surface area (TPSA) is 38.0 Å². The average Bonchev–Trinajstić information content (AvgIpc) is 2.65. The number of aryl methyl sites for hydroxylation is 2. The van der Waals surface area contributed by atoms with Crippen molar-refractivity contribution < 1.29 is 5.11 Å². The van der Waals surface area contributed by atoms with Crippen LogP contribution < -0.4 is 0 Å². The molecule has 2 atom stereocenters. The van der Waals surface area contributed by atoms with Gasteiger partial charge in [-0.25, -0.2) is 0 Å². The van der Waals surface area contributed by atoms with Crippen molar-refractivity contribution >= 4 is 11.6 Å². The molecule has 0 fully saturated rings. The second kappa shape index (κ2) is 5.76. The van der Waals surface area contributed by atoms with E-state index in [9.17, 15) is 5.11 Å². The fraction of sp³-hybridized carbons (Fsp3) is 0.400. The zero-order valence-corrected chi connectivity index (χ0v) is 12.2. The maximum Gasteiger partial charge on any atom is 0.130 e. The highest BCUT2D eigenvalue weighted by Gasteiger charge is 2.21. The third kappa shape index (κ3) is 2.99. The molecule has 0 bridgehead atoms. The van der Waals surface area contributed by atoms with E-state index in [1.807, 2.05) is 51.2 Å². The van der Waals surface area contributed by atoms with Crippen molar-refractivity contribution in [2.75, 3.05) is 0 Å². The van der Waals surface area contributed by atoms with Gasteiger partial charge in [-0.05, 0) is 12.5 Å². The summed E-state index contributed by atoms with van der Waals surface area (Å²) in [5, 5.41) is 15.3. The number of aliphatic hydroxyl groups is 1. The molecule has 0 amide bonds. The first kappa shape index (κ1) is 14.1. The molecule has 4 heteroatoms. The molecule has 19 heavy (non-hydrogen) atoms. The maximum absolute atomic E-state index is 10.4. The number of hydrogen-bond donors (Lipinski definition) is 1. The summed E-state index contributed by atoms with van der Waals surface area (Å²) in [5.74, 6) is 0.0665. The number of rotatable bonds is 4. The number of hydrogen-bond acceptors (Lipinski definition) is 2. The van der Waals surface area contributed by atoms with E-state index in [-0.39, 0.29) is 5.92 Å². The van der Waals surface area contributed by atoms with Crippen molar-refractivity contribution in [2.24, 2.45) is 7.05 Å². The van der Waals surface area contributed by atoms with Crippen molar-refractivity contribution in [3.8, 4) is 0 Å². The molecule has 2 unspecified atom stereocenters. The number of aromatic nitrogens is 2. The molecule has 0 aliphatic carbocycles. The van der Waals surface area contributed by atoms with Gasteiger partial charge < -0.3 is 5.11 Å². The van der Waals surface area contributed by atoms with Crippen molar-refractivity contribution in [3.05, 3.63) is 52.3 Å². The Morgan fingerprint density at radius 1 is 1.32 bits per heavy atom. The summed E-state index contributed by atoms with van der Waals surface area (Å²) in [5.41, 5.74) is 2.94. The minimum absolute atomic E-state index is 0.0665. The summed E-state index contributed by atoms with van der Waals surface area (Å²) < 4.78 is 1.64. The van der Waals surface area contributed by atoms with E-state index < -0.39 is 6.10 Å². The number of benzene rings is 1. The lowest BCUT2D eigenvalue weighted by Crippen LogP contribution is -2.19. The SMILES string of the molecule is Cc1nn(C)c(Cl)c1CC(O)C(C)c1ccccc1. The summed E-state index contributed by atoms with van der Waals surface area (Å²) in [6.45, 7) is 3.95. The van der Waals surface area contributed by atoms with Crippen LogP contribution in [0.15, 0.2) is 30.3 Å². The summed E-state index contributed by atoms with van der Waals surface area (Å²) in [6, 6.07) is 10.0. The molecule has 0 radical (unpaired) electrons. The van der Waals surface area contributed by atoms with Crippen LogP contribution in [0.5, 0.6) is 0 Å². The van der Waals surface area contributed by atoms with Crippen LogP contribution in [0.3, 0.4) is 0 Å². The van der Waals surface area contributed by atoms with Gasteiger partial charge in [0.05, 0.1) is 11.8 Å². The van der Waals surface area contributed by atoms with E-state index in [0.717, 1.165) is 16.8 Å². The zero-order chi connectivity index (χ0) is 14.0. The Hall–Kier alpha value is -1.32. The molecular formula is C15H19ClN2O. The monoisotopic (exact) mass is 278 g/mol. The number of nitrogens with zero attached hydrogens (tertiary/aromatic N) is 2.